The van der Waals surface area contributed by atoms with E-state index in [4.69, 9.17) is 16.3 Å². The van der Waals surface area contributed by atoms with Gasteiger partial charge in [-0.2, -0.15) is 0 Å². The van der Waals surface area contributed by atoms with Crippen molar-refractivity contribution < 1.29 is 14.3 Å². The summed E-state index contributed by atoms with van der Waals surface area (Å²) in [5, 5.41) is 6.60. The molecule has 5 nitrogen and oxygen atoms in total. The third-order valence-corrected chi connectivity index (χ3v) is 5.18. The van der Waals surface area contributed by atoms with Gasteiger partial charge >= 0.3 is 0 Å². The number of benzene rings is 2. The molecule has 154 valence electrons. The molecule has 2 aromatic rings. The highest BCUT2D eigenvalue weighted by Crippen LogP contribution is 2.30. The largest absolute Gasteiger partial charge is 0.493 e. The zero-order chi connectivity index (χ0) is 20.8. The Bertz CT molecular complexity index is 863. The smallest absolute Gasteiger partial charge is 0.227 e. The normalized spacial score (nSPS) is 14.2. The summed E-state index contributed by atoms with van der Waals surface area (Å²) in [6, 6.07) is 13.0. The number of rotatable bonds is 9. The van der Waals surface area contributed by atoms with Gasteiger partial charge in [0.05, 0.1) is 12.6 Å². The van der Waals surface area contributed by atoms with Crippen LogP contribution in [0.2, 0.25) is 5.02 Å². The molecule has 1 fully saturated rings. The minimum absolute atomic E-state index is 0.0139. The van der Waals surface area contributed by atoms with Crippen molar-refractivity contribution in [3.8, 4) is 5.75 Å². The maximum absolute atomic E-state index is 12.2. The molecule has 0 spiro atoms. The predicted molar refractivity (Wildman–Crippen MR) is 115 cm³/mol. The molecule has 0 aliphatic heterocycles. The highest BCUT2D eigenvalue weighted by molar-refractivity contribution is 6.30. The zero-order valence-electron chi connectivity index (χ0n) is 16.8. The van der Waals surface area contributed by atoms with Crippen molar-refractivity contribution in [1.82, 2.24) is 5.32 Å². The summed E-state index contributed by atoms with van der Waals surface area (Å²) in [6.45, 7) is 4.36. The van der Waals surface area contributed by atoms with Crippen molar-refractivity contribution in [3.05, 3.63) is 58.6 Å². The van der Waals surface area contributed by atoms with Crippen molar-refractivity contribution >= 4 is 29.1 Å². The average molecular weight is 415 g/mol. The summed E-state index contributed by atoms with van der Waals surface area (Å²) < 4.78 is 5.72. The molecule has 2 N–H and O–H groups in total. The molecule has 0 heterocycles. The fraction of sp³-hybridized carbons (Fsp3) is 0.391. The molecule has 0 bridgehead atoms. The van der Waals surface area contributed by atoms with E-state index in [9.17, 15) is 9.59 Å². The van der Waals surface area contributed by atoms with E-state index in [1.165, 1.54) is 0 Å². The van der Waals surface area contributed by atoms with Crippen LogP contribution in [0, 0.1) is 12.8 Å². The zero-order valence-corrected chi connectivity index (χ0v) is 17.6. The van der Waals surface area contributed by atoms with Crippen LogP contribution in [0.5, 0.6) is 5.75 Å². The second-order valence-electron chi connectivity index (χ2n) is 7.54. The van der Waals surface area contributed by atoms with E-state index in [-0.39, 0.29) is 23.8 Å². The fourth-order valence-corrected chi connectivity index (χ4v) is 3.26. The Morgan fingerprint density at radius 1 is 1.17 bits per heavy atom. The summed E-state index contributed by atoms with van der Waals surface area (Å²) in [6.07, 6.45) is 2.99. The molecule has 6 heteroatoms. The van der Waals surface area contributed by atoms with Crippen LogP contribution in [0.25, 0.3) is 0 Å². The van der Waals surface area contributed by atoms with E-state index >= 15 is 0 Å². The molecule has 2 aromatic carbocycles. The maximum atomic E-state index is 12.2. The average Bonchev–Trinajstić information content (AvgIpc) is 3.52. The molecule has 1 saturated carbocycles. The standard InChI is InChI=1S/C23H27ClN2O3/c1-15-14-19(24)9-12-21(15)29-13-3-4-22(27)25-16(2)17-7-10-20(11-8-17)26-23(28)18-5-6-18/h7-12,14,16,18H,3-6,13H2,1-2H3,(H,25,27)(H,26,28). The van der Waals surface area contributed by atoms with Gasteiger partial charge in [-0.1, -0.05) is 23.7 Å². The third-order valence-electron chi connectivity index (χ3n) is 4.95. The molecular weight excluding hydrogens is 388 g/mol. The lowest BCUT2D eigenvalue weighted by Gasteiger charge is -2.15. The van der Waals surface area contributed by atoms with Crippen LogP contribution in [0.3, 0.4) is 0 Å². The molecule has 1 aliphatic carbocycles. The van der Waals surface area contributed by atoms with Crippen LogP contribution in [-0.4, -0.2) is 18.4 Å². The van der Waals surface area contributed by atoms with Crippen LogP contribution >= 0.6 is 11.6 Å². The summed E-state index contributed by atoms with van der Waals surface area (Å²) in [4.78, 5) is 24.0. The Morgan fingerprint density at radius 2 is 1.90 bits per heavy atom. The first-order chi connectivity index (χ1) is 13.9. The first kappa shape index (κ1) is 21.2. The Morgan fingerprint density at radius 3 is 2.55 bits per heavy atom. The van der Waals surface area contributed by atoms with Gasteiger partial charge in [-0.15, -0.1) is 0 Å². The highest BCUT2D eigenvalue weighted by atomic mass is 35.5. The number of carbonyl (C=O) groups excluding carboxylic acids is 2. The summed E-state index contributed by atoms with van der Waals surface area (Å²) in [5.74, 6) is 1.05. The number of carbonyl (C=O) groups is 2. The van der Waals surface area contributed by atoms with Crippen molar-refractivity contribution in [1.29, 1.82) is 0 Å². The third kappa shape index (κ3) is 6.50. The highest BCUT2D eigenvalue weighted by Gasteiger charge is 2.29. The van der Waals surface area contributed by atoms with Gasteiger partial charge in [0.15, 0.2) is 0 Å². The van der Waals surface area contributed by atoms with E-state index < -0.39 is 0 Å². The number of hydrogen-bond acceptors (Lipinski definition) is 3. The molecule has 29 heavy (non-hydrogen) atoms. The van der Waals surface area contributed by atoms with Crippen LogP contribution in [0.4, 0.5) is 5.69 Å². The lowest BCUT2D eigenvalue weighted by Crippen LogP contribution is -2.26. The first-order valence-electron chi connectivity index (χ1n) is 10.0. The van der Waals surface area contributed by atoms with Gasteiger partial charge in [-0.3, -0.25) is 9.59 Å². The van der Waals surface area contributed by atoms with Crippen molar-refractivity contribution in [3.63, 3.8) is 0 Å². The molecule has 1 atom stereocenters. The van der Waals surface area contributed by atoms with Gasteiger partial charge in [-0.05, 0) is 74.6 Å². The van der Waals surface area contributed by atoms with Gasteiger partial charge in [0.1, 0.15) is 5.75 Å². The number of aryl methyl sites for hydroxylation is 1. The number of ether oxygens (including phenoxy) is 1. The van der Waals surface area contributed by atoms with Crippen LogP contribution in [0.15, 0.2) is 42.5 Å². The molecule has 1 aliphatic rings. The Kier molecular flexibility index (Phi) is 7.15. The molecule has 0 aromatic heterocycles. The van der Waals surface area contributed by atoms with Crippen molar-refractivity contribution in [2.24, 2.45) is 5.92 Å². The molecule has 0 radical (unpaired) electrons. The fourth-order valence-electron chi connectivity index (χ4n) is 3.03. The van der Waals surface area contributed by atoms with Gasteiger partial charge < -0.3 is 15.4 Å². The predicted octanol–water partition coefficient (Wildman–Crippen LogP) is 5.03. The van der Waals surface area contributed by atoms with Crippen molar-refractivity contribution in [2.75, 3.05) is 11.9 Å². The lowest BCUT2D eigenvalue weighted by molar-refractivity contribution is -0.122. The first-order valence-corrected chi connectivity index (χ1v) is 10.4. The molecule has 3 rings (SSSR count). The number of nitrogens with one attached hydrogen (secondary N) is 2. The topological polar surface area (TPSA) is 67.4 Å². The second-order valence-corrected chi connectivity index (χ2v) is 7.97. The quantitative estimate of drug-likeness (QED) is 0.565. The van der Waals surface area contributed by atoms with Crippen molar-refractivity contribution in [2.45, 2.75) is 45.6 Å². The van der Waals surface area contributed by atoms with Crippen LogP contribution in [0.1, 0.15) is 49.8 Å². The SMILES string of the molecule is Cc1cc(Cl)ccc1OCCCC(=O)NC(C)c1ccc(NC(=O)C2CC2)cc1. The molecule has 1 unspecified atom stereocenters. The molecule has 2 amide bonds. The minimum atomic E-state index is -0.102. The number of amides is 2. The Balaban J connectivity index is 1.38. The maximum Gasteiger partial charge on any atom is 0.227 e. The Hall–Kier alpha value is -2.53. The molecule has 0 saturated heterocycles. The second kappa shape index (κ2) is 9.79. The number of halogens is 1. The van der Waals surface area contributed by atoms with E-state index in [0.717, 1.165) is 35.4 Å². The van der Waals surface area contributed by atoms with Gasteiger partial charge in [0, 0.05) is 23.0 Å². The van der Waals surface area contributed by atoms with Crippen LogP contribution in [-0.2, 0) is 9.59 Å². The van der Waals surface area contributed by atoms with E-state index in [1.807, 2.05) is 50.2 Å². The number of hydrogen-bond donors (Lipinski definition) is 2. The summed E-state index contributed by atoms with van der Waals surface area (Å²) in [5.41, 5.74) is 2.77. The van der Waals surface area contributed by atoms with Gasteiger partial charge in [0.2, 0.25) is 11.8 Å². The van der Waals surface area contributed by atoms with E-state index in [2.05, 4.69) is 10.6 Å². The summed E-state index contributed by atoms with van der Waals surface area (Å²) in [7, 11) is 0. The number of anilines is 1. The van der Waals surface area contributed by atoms with E-state index in [1.54, 1.807) is 6.07 Å². The van der Waals surface area contributed by atoms with Gasteiger partial charge in [-0.25, -0.2) is 0 Å². The van der Waals surface area contributed by atoms with Gasteiger partial charge in [0.25, 0.3) is 0 Å². The molecular formula is C23H27ClN2O3. The van der Waals surface area contributed by atoms with E-state index in [0.29, 0.717) is 24.5 Å². The Labute approximate surface area is 176 Å². The van der Waals surface area contributed by atoms with Crippen LogP contribution < -0.4 is 15.4 Å². The lowest BCUT2D eigenvalue weighted by atomic mass is 10.1. The monoisotopic (exact) mass is 414 g/mol. The minimum Gasteiger partial charge on any atom is -0.493 e. The summed E-state index contributed by atoms with van der Waals surface area (Å²) >= 11 is 5.94.